The predicted molar refractivity (Wildman–Crippen MR) is 81.8 cm³/mol. The molecule has 0 aliphatic carbocycles. The number of benzene rings is 2. The highest BCUT2D eigenvalue weighted by molar-refractivity contribution is 5.45. The third kappa shape index (κ3) is 2.09. The summed E-state index contributed by atoms with van der Waals surface area (Å²) in [4.78, 5) is 0. The minimum atomic E-state index is -0.0464. The van der Waals surface area contributed by atoms with Gasteiger partial charge in [-0.2, -0.15) is 0 Å². The molecule has 2 aromatic carbocycles. The zero-order chi connectivity index (χ0) is 14.4. The Hall–Kier alpha value is -2.00. The van der Waals surface area contributed by atoms with Crippen molar-refractivity contribution in [3.05, 3.63) is 59.2 Å². The molecule has 0 aromatic heterocycles. The molecular weight excluding hydrogens is 262 g/mol. The normalized spacial score (nSPS) is 23.9. The van der Waals surface area contributed by atoms with Crippen LogP contribution in [0.4, 0.5) is 0 Å². The van der Waals surface area contributed by atoms with Crippen LogP contribution in [0.15, 0.2) is 42.5 Å². The number of para-hydroxylation sites is 1. The fourth-order valence-corrected chi connectivity index (χ4v) is 3.37. The van der Waals surface area contributed by atoms with E-state index in [1.165, 1.54) is 11.1 Å². The largest absolute Gasteiger partial charge is 0.493 e. The van der Waals surface area contributed by atoms with Crippen LogP contribution >= 0.6 is 0 Å². The molecule has 0 saturated heterocycles. The van der Waals surface area contributed by atoms with Gasteiger partial charge in [0.15, 0.2) is 0 Å². The van der Waals surface area contributed by atoms with E-state index in [1.54, 1.807) is 0 Å². The van der Waals surface area contributed by atoms with Gasteiger partial charge in [-0.05, 0) is 30.2 Å². The van der Waals surface area contributed by atoms with E-state index >= 15 is 0 Å². The van der Waals surface area contributed by atoms with Crippen LogP contribution in [0, 0.1) is 0 Å². The first-order valence-electron chi connectivity index (χ1n) is 7.49. The molecule has 0 radical (unpaired) electrons. The molecule has 2 aliphatic rings. The maximum atomic E-state index is 6.52. The molecule has 4 rings (SSSR count). The summed E-state index contributed by atoms with van der Waals surface area (Å²) >= 11 is 0. The Morgan fingerprint density at radius 1 is 1.14 bits per heavy atom. The van der Waals surface area contributed by atoms with Crippen molar-refractivity contribution < 1.29 is 9.47 Å². The summed E-state index contributed by atoms with van der Waals surface area (Å²) in [6.45, 7) is 2.76. The fraction of sp³-hybridized carbons (Fsp3) is 0.333. The summed E-state index contributed by atoms with van der Waals surface area (Å²) in [5, 5.41) is 0. The molecule has 2 heterocycles. The van der Waals surface area contributed by atoms with Crippen molar-refractivity contribution in [1.82, 2.24) is 0 Å². The zero-order valence-electron chi connectivity index (χ0n) is 12.1. The molecule has 2 aromatic rings. The summed E-state index contributed by atoms with van der Waals surface area (Å²) in [6.07, 6.45) is 1.23. The SMILES string of the molecule is CC1Cc2cc(C(N)C3COc4ccccc43)ccc2O1. The maximum Gasteiger partial charge on any atom is 0.123 e. The molecule has 3 unspecified atom stereocenters. The zero-order valence-corrected chi connectivity index (χ0v) is 12.1. The lowest BCUT2D eigenvalue weighted by molar-refractivity contribution is 0.254. The van der Waals surface area contributed by atoms with E-state index < -0.39 is 0 Å². The molecular formula is C18H19NO2. The maximum absolute atomic E-state index is 6.52. The quantitative estimate of drug-likeness (QED) is 0.919. The molecule has 0 amide bonds. The lowest BCUT2D eigenvalue weighted by atomic mass is 9.88. The van der Waals surface area contributed by atoms with Crippen LogP contribution in [0.5, 0.6) is 11.5 Å². The summed E-state index contributed by atoms with van der Waals surface area (Å²) in [7, 11) is 0. The van der Waals surface area contributed by atoms with Crippen molar-refractivity contribution in [2.75, 3.05) is 6.61 Å². The second-order valence-electron chi connectivity index (χ2n) is 5.98. The van der Waals surface area contributed by atoms with Crippen molar-refractivity contribution >= 4 is 0 Å². The Morgan fingerprint density at radius 2 is 2.00 bits per heavy atom. The molecule has 108 valence electrons. The molecule has 2 aliphatic heterocycles. The van der Waals surface area contributed by atoms with E-state index in [9.17, 15) is 0 Å². The average Bonchev–Trinajstić information content (AvgIpc) is 3.07. The van der Waals surface area contributed by atoms with Gasteiger partial charge in [0.2, 0.25) is 0 Å². The van der Waals surface area contributed by atoms with Crippen LogP contribution < -0.4 is 15.2 Å². The molecule has 0 saturated carbocycles. The van der Waals surface area contributed by atoms with Crippen LogP contribution in [0.1, 0.15) is 35.6 Å². The minimum Gasteiger partial charge on any atom is -0.493 e. The minimum absolute atomic E-state index is 0.0464. The number of fused-ring (bicyclic) bond motifs is 2. The Morgan fingerprint density at radius 3 is 2.90 bits per heavy atom. The molecule has 3 atom stereocenters. The van der Waals surface area contributed by atoms with Crippen LogP contribution in [-0.2, 0) is 6.42 Å². The number of nitrogens with two attached hydrogens (primary N) is 1. The molecule has 2 N–H and O–H groups in total. The first kappa shape index (κ1) is 12.7. The number of rotatable bonds is 2. The third-order valence-corrected chi connectivity index (χ3v) is 4.48. The van der Waals surface area contributed by atoms with Crippen molar-refractivity contribution in [3.8, 4) is 11.5 Å². The van der Waals surface area contributed by atoms with E-state index in [2.05, 4.69) is 31.2 Å². The second kappa shape index (κ2) is 4.78. The monoisotopic (exact) mass is 281 g/mol. The summed E-state index contributed by atoms with van der Waals surface area (Å²) in [6, 6.07) is 14.5. The van der Waals surface area contributed by atoms with Gasteiger partial charge < -0.3 is 15.2 Å². The molecule has 3 nitrogen and oxygen atoms in total. The van der Waals surface area contributed by atoms with Gasteiger partial charge in [0.1, 0.15) is 17.6 Å². The summed E-state index contributed by atoms with van der Waals surface area (Å²) in [5.41, 5.74) is 10.2. The van der Waals surface area contributed by atoms with Crippen LogP contribution in [-0.4, -0.2) is 12.7 Å². The van der Waals surface area contributed by atoms with Gasteiger partial charge in [-0.1, -0.05) is 30.3 Å². The van der Waals surface area contributed by atoms with Gasteiger partial charge >= 0.3 is 0 Å². The van der Waals surface area contributed by atoms with Crippen LogP contribution in [0.3, 0.4) is 0 Å². The molecule has 0 bridgehead atoms. The van der Waals surface area contributed by atoms with Crippen molar-refractivity contribution in [2.45, 2.75) is 31.4 Å². The topological polar surface area (TPSA) is 44.5 Å². The van der Waals surface area contributed by atoms with E-state index in [0.29, 0.717) is 6.61 Å². The number of hydrogen-bond acceptors (Lipinski definition) is 3. The fourth-order valence-electron chi connectivity index (χ4n) is 3.37. The highest BCUT2D eigenvalue weighted by Crippen LogP contribution is 2.41. The Balaban J connectivity index is 1.65. The highest BCUT2D eigenvalue weighted by Gasteiger charge is 2.31. The first-order chi connectivity index (χ1) is 10.2. The van der Waals surface area contributed by atoms with Gasteiger partial charge in [0.05, 0.1) is 6.61 Å². The van der Waals surface area contributed by atoms with Gasteiger partial charge in [-0.3, -0.25) is 0 Å². The van der Waals surface area contributed by atoms with Crippen LogP contribution in [0.2, 0.25) is 0 Å². The van der Waals surface area contributed by atoms with Crippen LogP contribution in [0.25, 0.3) is 0 Å². The molecule has 0 spiro atoms. The van der Waals surface area contributed by atoms with Crippen molar-refractivity contribution in [2.24, 2.45) is 5.73 Å². The first-order valence-corrected chi connectivity index (χ1v) is 7.49. The average molecular weight is 281 g/mol. The van der Waals surface area contributed by atoms with Gasteiger partial charge in [0, 0.05) is 23.9 Å². The van der Waals surface area contributed by atoms with Crippen molar-refractivity contribution in [1.29, 1.82) is 0 Å². The Bertz CT molecular complexity index is 683. The van der Waals surface area contributed by atoms with E-state index in [1.807, 2.05) is 18.2 Å². The standard InChI is InChI=1S/C18H19NO2/c1-11-8-13-9-12(6-7-16(13)21-11)18(19)15-10-20-17-5-3-2-4-14(15)17/h2-7,9,11,15,18H,8,10,19H2,1H3. The lowest BCUT2D eigenvalue weighted by Crippen LogP contribution is -2.21. The molecule has 3 heteroatoms. The third-order valence-electron chi connectivity index (χ3n) is 4.48. The van der Waals surface area contributed by atoms with E-state index in [4.69, 9.17) is 15.2 Å². The Kier molecular flexibility index (Phi) is 2.89. The number of ether oxygens (including phenoxy) is 2. The van der Waals surface area contributed by atoms with E-state index in [-0.39, 0.29) is 18.1 Å². The van der Waals surface area contributed by atoms with E-state index in [0.717, 1.165) is 23.5 Å². The molecule has 0 fully saturated rings. The van der Waals surface area contributed by atoms with Gasteiger partial charge in [0.25, 0.3) is 0 Å². The second-order valence-corrected chi connectivity index (χ2v) is 5.98. The lowest BCUT2D eigenvalue weighted by Gasteiger charge is -2.19. The predicted octanol–water partition coefficient (Wildman–Crippen LogP) is 3.19. The summed E-state index contributed by atoms with van der Waals surface area (Å²) in [5.74, 6) is 2.19. The van der Waals surface area contributed by atoms with Gasteiger partial charge in [-0.15, -0.1) is 0 Å². The van der Waals surface area contributed by atoms with Crippen molar-refractivity contribution in [3.63, 3.8) is 0 Å². The summed E-state index contributed by atoms with van der Waals surface area (Å²) < 4.78 is 11.5. The smallest absolute Gasteiger partial charge is 0.123 e. The van der Waals surface area contributed by atoms with Gasteiger partial charge in [-0.25, -0.2) is 0 Å². The highest BCUT2D eigenvalue weighted by atomic mass is 16.5. The Labute approximate surface area is 124 Å². The number of hydrogen-bond donors (Lipinski definition) is 1. The molecule has 21 heavy (non-hydrogen) atoms.